The molecule has 120 valence electrons. The number of thioether (sulfide) groups is 1. The molecule has 3 aliphatic rings. The molecule has 4 rings (SSSR count). The van der Waals surface area contributed by atoms with E-state index >= 15 is 0 Å². The van der Waals surface area contributed by atoms with Crippen molar-refractivity contribution < 1.29 is 4.74 Å². The van der Waals surface area contributed by atoms with Crippen molar-refractivity contribution in [3.63, 3.8) is 0 Å². The summed E-state index contributed by atoms with van der Waals surface area (Å²) in [4.78, 5) is 6.97. The summed E-state index contributed by atoms with van der Waals surface area (Å²) in [5.41, 5.74) is 1.92. The fourth-order valence-electron chi connectivity index (χ4n) is 3.74. The lowest BCUT2D eigenvalue weighted by Gasteiger charge is -2.46. The van der Waals surface area contributed by atoms with Crippen LogP contribution in [0.15, 0.2) is 18.3 Å². The average Bonchev–Trinajstić information content (AvgIpc) is 2.56. The summed E-state index contributed by atoms with van der Waals surface area (Å²) in [6, 6.07) is 4.93. The van der Waals surface area contributed by atoms with Gasteiger partial charge in [0, 0.05) is 19.1 Å². The van der Waals surface area contributed by atoms with E-state index in [2.05, 4.69) is 39.1 Å². The van der Waals surface area contributed by atoms with E-state index in [1.165, 1.54) is 42.9 Å². The van der Waals surface area contributed by atoms with Crippen LogP contribution in [0, 0.1) is 5.41 Å². The molecule has 0 unspecified atom stereocenters. The fourth-order valence-corrected chi connectivity index (χ4v) is 5.10. The molecule has 5 heteroatoms. The van der Waals surface area contributed by atoms with Gasteiger partial charge in [0.25, 0.3) is 0 Å². The number of ether oxygens (including phenoxy) is 1. The second-order valence-electron chi connectivity index (χ2n) is 6.91. The van der Waals surface area contributed by atoms with Crippen molar-refractivity contribution in [3.05, 3.63) is 18.3 Å². The summed E-state index contributed by atoms with van der Waals surface area (Å²) < 4.78 is 5.40. The van der Waals surface area contributed by atoms with Crippen molar-refractivity contribution in [1.82, 2.24) is 4.98 Å². The van der Waals surface area contributed by atoms with Gasteiger partial charge in [-0.1, -0.05) is 0 Å². The third kappa shape index (κ3) is 3.06. The molecule has 1 saturated carbocycles. The second-order valence-corrected chi connectivity index (χ2v) is 7.90. The number of hydrogen-bond donors (Lipinski definition) is 1. The molecule has 1 spiro atoms. The summed E-state index contributed by atoms with van der Waals surface area (Å²) in [6.45, 7) is 3.58. The molecule has 1 N–H and O–H groups in total. The lowest BCUT2D eigenvalue weighted by atomic mass is 9.74. The zero-order valence-corrected chi connectivity index (χ0v) is 13.9. The number of nitrogens with one attached hydrogen (secondary N) is 1. The first-order chi connectivity index (χ1) is 10.8. The van der Waals surface area contributed by atoms with Crippen molar-refractivity contribution >= 4 is 23.3 Å². The van der Waals surface area contributed by atoms with E-state index in [1.807, 2.05) is 6.20 Å². The van der Waals surface area contributed by atoms with Crippen LogP contribution in [0.25, 0.3) is 0 Å². The number of aromatic nitrogens is 1. The third-order valence-corrected chi connectivity index (χ3v) is 6.97. The molecule has 0 atom stereocenters. The topological polar surface area (TPSA) is 37.4 Å². The average molecular weight is 319 g/mol. The quantitative estimate of drug-likeness (QED) is 0.927. The van der Waals surface area contributed by atoms with Crippen molar-refractivity contribution in [3.8, 4) is 0 Å². The maximum atomic E-state index is 5.40. The van der Waals surface area contributed by atoms with Crippen LogP contribution in [0.3, 0.4) is 0 Å². The number of rotatable bonds is 3. The van der Waals surface area contributed by atoms with Crippen LogP contribution >= 0.6 is 11.8 Å². The summed E-state index contributed by atoms with van der Waals surface area (Å²) in [5, 5.41) is 3.64. The predicted octanol–water partition coefficient (Wildman–Crippen LogP) is 3.01. The van der Waals surface area contributed by atoms with Gasteiger partial charge in [-0.05, 0) is 54.7 Å². The number of pyridine rings is 1. The van der Waals surface area contributed by atoms with Crippen LogP contribution in [0.2, 0.25) is 0 Å². The molecule has 3 heterocycles. The highest BCUT2D eigenvalue weighted by atomic mass is 32.2. The monoisotopic (exact) mass is 319 g/mol. The SMILES string of the molecule is c1cc(NC2CCC3(CC2)CSC3)ncc1N1CCOCC1. The van der Waals surface area contributed by atoms with Crippen LogP contribution in [0.5, 0.6) is 0 Å². The highest BCUT2D eigenvalue weighted by Crippen LogP contribution is 2.48. The van der Waals surface area contributed by atoms with Crippen LogP contribution in [-0.4, -0.2) is 48.8 Å². The Morgan fingerprint density at radius 3 is 2.55 bits per heavy atom. The third-order valence-electron chi connectivity index (χ3n) is 5.34. The number of nitrogens with zero attached hydrogens (tertiary/aromatic N) is 2. The Morgan fingerprint density at radius 1 is 1.18 bits per heavy atom. The van der Waals surface area contributed by atoms with Crippen LogP contribution < -0.4 is 10.2 Å². The van der Waals surface area contributed by atoms with Gasteiger partial charge >= 0.3 is 0 Å². The van der Waals surface area contributed by atoms with E-state index in [-0.39, 0.29) is 0 Å². The molecule has 1 aromatic heterocycles. The lowest BCUT2D eigenvalue weighted by molar-refractivity contribution is 0.122. The minimum Gasteiger partial charge on any atom is -0.378 e. The maximum absolute atomic E-state index is 5.40. The van der Waals surface area contributed by atoms with Gasteiger partial charge in [-0.3, -0.25) is 0 Å². The zero-order chi connectivity index (χ0) is 14.8. The second kappa shape index (κ2) is 6.28. The summed E-state index contributed by atoms with van der Waals surface area (Å²) in [5.74, 6) is 3.82. The number of morpholine rings is 1. The molecule has 22 heavy (non-hydrogen) atoms. The van der Waals surface area contributed by atoms with E-state index in [4.69, 9.17) is 4.74 Å². The van der Waals surface area contributed by atoms with Crippen LogP contribution in [0.1, 0.15) is 25.7 Å². The van der Waals surface area contributed by atoms with Gasteiger partial charge in [-0.15, -0.1) is 0 Å². The molecule has 0 bridgehead atoms. The molecule has 1 aliphatic carbocycles. The summed E-state index contributed by atoms with van der Waals surface area (Å²) >= 11 is 2.12. The van der Waals surface area contributed by atoms with Gasteiger partial charge in [0.15, 0.2) is 0 Å². The smallest absolute Gasteiger partial charge is 0.126 e. The van der Waals surface area contributed by atoms with Crippen molar-refractivity contribution in [2.45, 2.75) is 31.7 Å². The molecule has 1 aromatic rings. The molecule has 2 aliphatic heterocycles. The Balaban J connectivity index is 1.31. The molecule has 0 amide bonds. The van der Waals surface area contributed by atoms with Gasteiger partial charge < -0.3 is 15.0 Å². The lowest BCUT2D eigenvalue weighted by Crippen LogP contribution is -2.42. The molecular formula is C17H25N3OS. The highest BCUT2D eigenvalue weighted by molar-refractivity contribution is 8.00. The minimum atomic E-state index is 0.609. The van der Waals surface area contributed by atoms with Crippen molar-refractivity contribution in [2.24, 2.45) is 5.41 Å². The maximum Gasteiger partial charge on any atom is 0.126 e. The Hall–Kier alpha value is -0.940. The zero-order valence-electron chi connectivity index (χ0n) is 13.1. The molecule has 3 fully saturated rings. The molecule has 0 aromatic carbocycles. The first kappa shape index (κ1) is 14.6. The van der Waals surface area contributed by atoms with Crippen LogP contribution in [-0.2, 0) is 4.74 Å². The van der Waals surface area contributed by atoms with Gasteiger partial charge in [0.2, 0.25) is 0 Å². The van der Waals surface area contributed by atoms with Gasteiger partial charge in [0.1, 0.15) is 5.82 Å². The minimum absolute atomic E-state index is 0.609. The molecule has 0 radical (unpaired) electrons. The van der Waals surface area contributed by atoms with Crippen molar-refractivity contribution in [1.29, 1.82) is 0 Å². The van der Waals surface area contributed by atoms with Crippen molar-refractivity contribution in [2.75, 3.05) is 48.0 Å². The van der Waals surface area contributed by atoms with Gasteiger partial charge in [-0.25, -0.2) is 4.98 Å². The molecule has 4 nitrogen and oxygen atoms in total. The summed E-state index contributed by atoms with van der Waals surface area (Å²) in [6.07, 6.45) is 7.38. The Kier molecular flexibility index (Phi) is 4.18. The van der Waals surface area contributed by atoms with Crippen LogP contribution in [0.4, 0.5) is 11.5 Å². The summed E-state index contributed by atoms with van der Waals surface area (Å²) in [7, 11) is 0. The van der Waals surface area contributed by atoms with Gasteiger partial charge in [0.05, 0.1) is 25.1 Å². The highest BCUT2D eigenvalue weighted by Gasteiger charge is 2.40. The number of hydrogen-bond acceptors (Lipinski definition) is 5. The van der Waals surface area contributed by atoms with Gasteiger partial charge in [-0.2, -0.15) is 11.8 Å². The predicted molar refractivity (Wildman–Crippen MR) is 92.9 cm³/mol. The molecule has 2 saturated heterocycles. The van der Waals surface area contributed by atoms with E-state index in [9.17, 15) is 0 Å². The first-order valence-electron chi connectivity index (χ1n) is 8.46. The molecular weight excluding hydrogens is 294 g/mol. The van der Waals surface area contributed by atoms with E-state index < -0.39 is 0 Å². The Labute approximate surface area is 137 Å². The largest absolute Gasteiger partial charge is 0.378 e. The van der Waals surface area contributed by atoms with E-state index in [0.717, 1.165) is 32.1 Å². The Morgan fingerprint density at radius 2 is 1.95 bits per heavy atom. The first-order valence-corrected chi connectivity index (χ1v) is 9.62. The van der Waals surface area contributed by atoms with E-state index in [1.54, 1.807) is 0 Å². The fraction of sp³-hybridized carbons (Fsp3) is 0.706. The Bertz CT molecular complexity index is 487. The number of anilines is 2. The standard InChI is InChI=1S/C17H25N3OS/c1-2-16(18-11-15(1)20-7-9-21-10-8-20)19-14-3-5-17(6-4-14)12-22-13-17/h1-2,11,14H,3-10,12-13H2,(H,18,19). The normalized spacial score (nSPS) is 25.0. The van der Waals surface area contributed by atoms with E-state index in [0.29, 0.717) is 11.5 Å².